The second-order valence-corrected chi connectivity index (χ2v) is 5.88. The van der Waals surface area contributed by atoms with Crippen LogP contribution in [0.25, 0.3) is 0 Å². The van der Waals surface area contributed by atoms with Crippen molar-refractivity contribution in [1.82, 2.24) is 0 Å². The molecule has 23 heavy (non-hydrogen) atoms. The van der Waals surface area contributed by atoms with Crippen LogP contribution >= 0.6 is 0 Å². The highest BCUT2D eigenvalue weighted by atomic mass is 16.5. The minimum atomic E-state index is -0.202. The number of hydrogen-bond acceptors (Lipinski definition) is 3. The fraction of sp³-hybridized carbons (Fsp3) is 0.316. The van der Waals surface area contributed by atoms with Gasteiger partial charge in [0, 0.05) is 11.8 Å². The van der Waals surface area contributed by atoms with E-state index < -0.39 is 0 Å². The number of carbonyl (C=O) groups excluding carboxylic acids is 1. The van der Waals surface area contributed by atoms with Gasteiger partial charge >= 0.3 is 0 Å². The molecule has 0 spiro atoms. The Balaban J connectivity index is 1.84. The first kappa shape index (κ1) is 16.9. The minimum absolute atomic E-state index is 0.0276. The molecule has 0 heterocycles. The fourth-order valence-corrected chi connectivity index (χ4v) is 1.91. The lowest BCUT2D eigenvalue weighted by Crippen LogP contribution is -2.20. The van der Waals surface area contributed by atoms with Crippen LogP contribution in [0.5, 0.6) is 11.5 Å². The number of hydrogen-bond donors (Lipinski definition) is 1. The molecule has 1 N–H and O–H groups in total. The molecule has 0 unspecified atom stereocenters. The van der Waals surface area contributed by atoms with E-state index >= 15 is 0 Å². The summed E-state index contributed by atoms with van der Waals surface area (Å²) < 4.78 is 11.1. The standard InChI is InChI=1S/C19H23NO3/c1-14(2)12-22-18-6-4-5-16(11-18)20-19(21)13-23-17-9-7-15(3)8-10-17/h4-11,14H,12-13H2,1-3H3,(H,20,21). The Morgan fingerprint density at radius 1 is 1.04 bits per heavy atom. The highest BCUT2D eigenvalue weighted by Gasteiger charge is 2.05. The summed E-state index contributed by atoms with van der Waals surface area (Å²) in [7, 11) is 0. The number of aryl methyl sites for hydroxylation is 1. The highest BCUT2D eigenvalue weighted by Crippen LogP contribution is 2.18. The van der Waals surface area contributed by atoms with Crippen LogP contribution in [0.3, 0.4) is 0 Å². The zero-order valence-corrected chi connectivity index (χ0v) is 13.8. The van der Waals surface area contributed by atoms with E-state index in [0.717, 1.165) is 11.3 Å². The smallest absolute Gasteiger partial charge is 0.262 e. The van der Waals surface area contributed by atoms with Gasteiger partial charge in [-0.2, -0.15) is 0 Å². The summed E-state index contributed by atoms with van der Waals surface area (Å²) >= 11 is 0. The van der Waals surface area contributed by atoms with Crippen LogP contribution in [-0.2, 0) is 4.79 Å². The highest BCUT2D eigenvalue weighted by molar-refractivity contribution is 5.92. The van der Waals surface area contributed by atoms with Gasteiger partial charge in [0.05, 0.1) is 6.61 Å². The van der Waals surface area contributed by atoms with Gasteiger partial charge in [0.2, 0.25) is 0 Å². The number of nitrogens with one attached hydrogen (secondary N) is 1. The molecule has 0 aliphatic rings. The molecule has 2 rings (SSSR count). The number of ether oxygens (including phenoxy) is 2. The van der Waals surface area contributed by atoms with E-state index in [-0.39, 0.29) is 12.5 Å². The molecule has 2 aromatic rings. The van der Waals surface area contributed by atoms with E-state index in [9.17, 15) is 4.79 Å². The maximum Gasteiger partial charge on any atom is 0.262 e. The SMILES string of the molecule is Cc1ccc(OCC(=O)Nc2cccc(OCC(C)C)c2)cc1. The van der Waals surface area contributed by atoms with E-state index in [4.69, 9.17) is 9.47 Å². The van der Waals surface area contributed by atoms with Gasteiger partial charge in [-0.15, -0.1) is 0 Å². The molecule has 0 fully saturated rings. The van der Waals surface area contributed by atoms with Crippen LogP contribution in [0.4, 0.5) is 5.69 Å². The first-order valence-electron chi connectivity index (χ1n) is 7.75. The van der Waals surface area contributed by atoms with Crippen LogP contribution in [0.2, 0.25) is 0 Å². The van der Waals surface area contributed by atoms with Crippen LogP contribution < -0.4 is 14.8 Å². The molecule has 0 saturated heterocycles. The normalized spacial score (nSPS) is 10.4. The lowest BCUT2D eigenvalue weighted by molar-refractivity contribution is -0.118. The quantitative estimate of drug-likeness (QED) is 0.839. The molecule has 0 atom stereocenters. The van der Waals surface area contributed by atoms with Crippen molar-refractivity contribution in [2.75, 3.05) is 18.5 Å². The molecule has 0 saturated carbocycles. The van der Waals surface area contributed by atoms with Gasteiger partial charge in [-0.25, -0.2) is 0 Å². The van der Waals surface area contributed by atoms with Gasteiger partial charge in [0.25, 0.3) is 5.91 Å². The molecule has 0 aliphatic heterocycles. The molecule has 4 nitrogen and oxygen atoms in total. The lowest BCUT2D eigenvalue weighted by Gasteiger charge is -2.11. The number of benzene rings is 2. The average molecular weight is 313 g/mol. The molecule has 1 amide bonds. The summed E-state index contributed by atoms with van der Waals surface area (Å²) in [6.45, 7) is 6.81. The van der Waals surface area contributed by atoms with Crippen molar-refractivity contribution in [2.24, 2.45) is 5.92 Å². The molecule has 0 bridgehead atoms. The first-order valence-corrected chi connectivity index (χ1v) is 7.75. The summed E-state index contributed by atoms with van der Waals surface area (Å²) in [4.78, 5) is 12.0. The Bertz CT molecular complexity index is 635. The summed E-state index contributed by atoms with van der Waals surface area (Å²) in [5.41, 5.74) is 1.85. The van der Waals surface area contributed by atoms with Crippen LogP contribution in [-0.4, -0.2) is 19.1 Å². The minimum Gasteiger partial charge on any atom is -0.493 e. The zero-order chi connectivity index (χ0) is 16.7. The maximum absolute atomic E-state index is 12.0. The second-order valence-electron chi connectivity index (χ2n) is 5.88. The van der Waals surface area contributed by atoms with Crippen LogP contribution in [0.15, 0.2) is 48.5 Å². The van der Waals surface area contributed by atoms with Crippen LogP contribution in [0.1, 0.15) is 19.4 Å². The molecule has 122 valence electrons. The van der Waals surface area contributed by atoms with Crippen molar-refractivity contribution in [3.05, 3.63) is 54.1 Å². The molecular formula is C19H23NO3. The van der Waals surface area contributed by atoms with E-state index in [2.05, 4.69) is 19.2 Å². The Labute approximate surface area is 137 Å². The molecular weight excluding hydrogens is 290 g/mol. The Morgan fingerprint density at radius 3 is 2.48 bits per heavy atom. The molecule has 0 aliphatic carbocycles. The second kappa shape index (κ2) is 8.22. The third-order valence-electron chi connectivity index (χ3n) is 3.09. The summed E-state index contributed by atoms with van der Waals surface area (Å²) in [6.07, 6.45) is 0. The number of carbonyl (C=O) groups is 1. The molecule has 4 heteroatoms. The topological polar surface area (TPSA) is 47.6 Å². The van der Waals surface area contributed by atoms with Crippen molar-refractivity contribution in [2.45, 2.75) is 20.8 Å². The van der Waals surface area contributed by atoms with Crippen molar-refractivity contribution >= 4 is 11.6 Å². The summed E-state index contributed by atoms with van der Waals surface area (Å²) in [5.74, 6) is 1.68. The number of rotatable bonds is 7. The van der Waals surface area contributed by atoms with E-state index in [1.54, 1.807) is 0 Å². The Hall–Kier alpha value is -2.49. The van der Waals surface area contributed by atoms with Crippen molar-refractivity contribution in [1.29, 1.82) is 0 Å². The zero-order valence-electron chi connectivity index (χ0n) is 13.8. The van der Waals surface area contributed by atoms with Crippen molar-refractivity contribution < 1.29 is 14.3 Å². The largest absolute Gasteiger partial charge is 0.493 e. The number of anilines is 1. The lowest BCUT2D eigenvalue weighted by atomic mass is 10.2. The van der Waals surface area contributed by atoms with Gasteiger partial charge in [-0.05, 0) is 37.1 Å². The van der Waals surface area contributed by atoms with E-state index in [1.165, 1.54) is 0 Å². The van der Waals surface area contributed by atoms with E-state index in [0.29, 0.717) is 24.0 Å². The van der Waals surface area contributed by atoms with E-state index in [1.807, 2.05) is 55.5 Å². The predicted molar refractivity (Wildman–Crippen MR) is 92.1 cm³/mol. The van der Waals surface area contributed by atoms with Gasteiger partial charge < -0.3 is 14.8 Å². The van der Waals surface area contributed by atoms with Gasteiger partial charge in [-0.3, -0.25) is 4.79 Å². The summed E-state index contributed by atoms with van der Waals surface area (Å²) in [6, 6.07) is 15.0. The third-order valence-corrected chi connectivity index (χ3v) is 3.09. The summed E-state index contributed by atoms with van der Waals surface area (Å²) in [5, 5.41) is 2.81. The van der Waals surface area contributed by atoms with Crippen LogP contribution in [0, 0.1) is 12.8 Å². The predicted octanol–water partition coefficient (Wildman–Crippen LogP) is 4.05. The first-order chi connectivity index (χ1) is 11.0. The Morgan fingerprint density at radius 2 is 1.78 bits per heavy atom. The molecule has 2 aromatic carbocycles. The third kappa shape index (κ3) is 6.02. The van der Waals surface area contributed by atoms with Gasteiger partial charge in [0.1, 0.15) is 11.5 Å². The molecule has 0 radical (unpaired) electrons. The molecule has 0 aromatic heterocycles. The van der Waals surface area contributed by atoms with Gasteiger partial charge in [0.15, 0.2) is 6.61 Å². The maximum atomic E-state index is 12.0. The fourth-order valence-electron chi connectivity index (χ4n) is 1.91. The van der Waals surface area contributed by atoms with Crippen molar-refractivity contribution in [3.8, 4) is 11.5 Å². The monoisotopic (exact) mass is 313 g/mol. The average Bonchev–Trinajstić information content (AvgIpc) is 2.53. The Kier molecular flexibility index (Phi) is 6.03. The van der Waals surface area contributed by atoms with Gasteiger partial charge in [-0.1, -0.05) is 37.6 Å². The number of amides is 1. The van der Waals surface area contributed by atoms with Crippen molar-refractivity contribution in [3.63, 3.8) is 0 Å².